The first-order valence-corrected chi connectivity index (χ1v) is 9.60. The molecule has 7 heteroatoms. The van der Waals surface area contributed by atoms with E-state index in [0.29, 0.717) is 18.1 Å². The van der Waals surface area contributed by atoms with Gasteiger partial charge in [0.15, 0.2) is 9.84 Å². The average molecular weight is 331 g/mol. The van der Waals surface area contributed by atoms with Gasteiger partial charge >= 0.3 is 0 Å². The number of nitrogens with zero attached hydrogens (tertiary/aromatic N) is 1. The lowest BCUT2D eigenvalue weighted by molar-refractivity contribution is 0.0744. The van der Waals surface area contributed by atoms with Gasteiger partial charge in [-0.3, -0.25) is 4.79 Å². The maximum absolute atomic E-state index is 14.0. The number of benzene rings is 1. The SMILES string of the molecule is CCS(=O)(=O)C1CSCCN1C(=O)c1ccc(C)cc1F. The molecule has 1 amide bonds. The zero-order valence-electron chi connectivity index (χ0n) is 12.0. The lowest BCUT2D eigenvalue weighted by Crippen LogP contribution is -2.50. The van der Waals surface area contributed by atoms with Crippen molar-refractivity contribution in [2.24, 2.45) is 0 Å². The van der Waals surface area contributed by atoms with Crippen LogP contribution in [0.15, 0.2) is 18.2 Å². The highest BCUT2D eigenvalue weighted by Crippen LogP contribution is 2.24. The third-order valence-electron chi connectivity index (χ3n) is 3.52. The largest absolute Gasteiger partial charge is 0.320 e. The van der Waals surface area contributed by atoms with Crippen LogP contribution in [0, 0.1) is 12.7 Å². The van der Waals surface area contributed by atoms with Crippen molar-refractivity contribution in [2.75, 3.05) is 23.8 Å². The Balaban J connectivity index is 2.35. The molecule has 1 fully saturated rings. The van der Waals surface area contributed by atoms with Crippen LogP contribution in [0.2, 0.25) is 0 Å². The third kappa shape index (κ3) is 3.40. The van der Waals surface area contributed by atoms with Gasteiger partial charge in [-0.25, -0.2) is 12.8 Å². The number of hydrogen-bond donors (Lipinski definition) is 0. The molecule has 0 spiro atoms. The predicted octanol–water partition coefficient (Wildman–Crippen LogP) is 2.08. The molecular weight excluding hydrogens is 313 g/mol. The van der Waals surface area contributed by atoms with Crippen molar-refractivity contribution in [1.82, 2.24) is 4.90 Å². The number of carbonyl (C=O) groups is 1. The number of sulfone groups is 1. The lowest BCUT2D eigenvalue weighted by Gasteiger charge is -2.34. The fraction of sp³-hybridized carbons (Fsp3) is 0.500. The number of halogens is 1. The Hall–Kier alpha value is -1.08. The van der Waals surface area contributed by atoms with Gasteiger partial charge in [0, 0.05) is 23.8 Å². The summed E-state index contributed by atoms with van der Waals surface area (Å²) in [5.74, 6) is -0.177. The highest BCUT2D eigenvalue weighted by molar-refractivity contribution is 8.01. The van der Waals surface area contributed by atoms with Gasteiger partial charge in [0.05, 0.1) is 5.56 Å². The van der Waals surface area contributed by atoms with Gasteiger partial charge in [-0.15, -0.1) is 0 Å². The Morgan fingerprint density at radius 2 is 2.19 bits per heavy atom. The second-order valence-electron chi connectivity index (χ2n) is 4.96. The van der Waals surface area contributed by atoms with E-state index < -0.39 is 26.9 Å². The first-order chi connectivity index (χ1) is 9.86. The molecule has 1 saturated heterocycles. The van der Waals surface area contributed by atoms with Crippen LogP contribution in [0.1, 0.15) is 22.8 Å². The number of amides is 1. The number of aryl methyl sites for hydroxylation is 1. The molecule has 116 valence electrons. The van der Waals surface area contributed by atoms with E-state index in [0.717, 1.165) is 5.56 Å². The molecule has 1 aliphatic rings. The van der Waals surface area contributed by atoms with Crippen molar-refractivity contribution in [2.45, 2.75) is 19.2 Å². The Kier molecular flexibility index (Phi) is 4.93. The molecule has 2 rings (SSSR count). The van der Waals surface area contributed by atoms with E-state index in [4.69, 9.17) is 0 Å². The van der Waals surface area contributed by atoms with Crippen LogP contribution in [-0.4, -0.2) is 48.4 Å². The molecule has 1 aliphatic heterocycles. The van der Waals surface area contributed by atoms with Crippen molar-refractivity contribution in [3.8, 4) is 0 Å². The molecular formula is C14H18FNO3S2. The predicted molar refractivity (Wildman–Crippen MR) is 82.7 cm³/mol. The normalized spacial score (nSPS) is 19.6. The highest BCUT2D eigenvalue weighted by Gasteiger charge is 2.36. The van der Waals surface area contributed by atoms with Crippen LogP contribution in [0.4, 0.5) is 4.39 Å². The van der Waals surface area contributed by atoms with Crippen molar-refractivity contribution in [3.63, 3.8) is 0 Å². The first kappa shape index (κ1) is 16.3. The second-order valence-corrected chi connectivity index (χ2v) is 8.56. The fourth-order valence-corrected chi connectivity index (χ4v) is 5.22. The molecule has 1 unspecified atom stereocenters. The molecule has 0 aromatic heterocycles. The van der Waals surface area contributed by atoms with E-state index in [1.54, 1.807) is 19.9 Å². The standard InChI is InChI=1S/C14H18FNO3S2/c1-3-21(18,19)13-9-20-7-6-16(13)14(17)11-5-4-10(2)8-12(11)15/h4-5,8,13H,3,6-7,9H2,1-2H3. The summed E-state index contributed by atoms with van der Waals surface area (Å²) in [4.78, 5) is 13.8. The molecule has 1 aromatic carbocycles. The molecule has 0 bridgehead atoms. The first-order valence-electron chi connectivity index (χ1n) is 6.73. The van der Waals surface area contributed by atoms with Crippen LogP contribution in [0.3, 0.4) is 0 Å². The minimum Gasteiger partial charge on any atom is -0.320 e. The fourth-order valence-electron chi connectivity index (χ4n) is 2.25. The van der Waals surface area contributed by atoms with E-state index in [1.807, 2.05) is 0 Å². The monoisotopic (exact) mass is 331 g/mol. The zero-order chi connectivity index (χ0) is 15.6. The summed E-state index contributed by atoms with van der Waals surface area (Å²) >= 11 is 1.50. The molecule has 0 N–H and O–H groups in total. The van der Waals surface area contributed by atoms with Crippen molar-refractivity contribution in [3.05, 3.63) is 35.1 Å². The van der Waals surface area contributed by atoms with Crippen molar-refractivity contribution >= 4 is 27.5 Å². The molecule has 21 heavy (non-hydrogen) atoms. The summed E-state index contributed by atoms with van der Waals surface area (Å²) in [6.45, 7) is 3.61. The van der Waals surface area contributed by atoms with Gasteiger partial charge in [0.1, 0.15) is 11.2 Å². The Labute approximate surface area is 128 Å². The van der Waals surface area contributed by atoms with Gasteiger partial charge in [0.2, 0.25) is 0 Å². The molecule has 0 aliphatic carbocycles. The summed E-state index contributed by atoms with van der Waals surface area (Å²) in [6.07, 6.45) is 0. The summed E-state index contributed by atoms with van der Waals surface area (Å²) in [5.41, 5.74) is 0.653. The van der Waals surface area contributed by atoms with Gasteiger partial charge in [0.25, 0.3) is 5.91 Å². The summed E-state index contributed by atoms with van der Waals surface area (Å²) < 4.78 is 38.2. The van der Waals surface area contributed by atoms with Crippen LogP contribution in [-0.2, 0) is 9.84 Å². The van der Waals surface area contributed by atoms with Crippen LogP contribution in [0.5, 0.6) is 0 Å². The van der Waals surface area contributed by atoms with E-state index in [-0.39, 0.29) is 11.3 Å². The number of rotatable bonds is 3. The van der Waals surface area contributed by atoms with Crippen LogP contribution >= 0.6 is 11.8 Å². The van der Waals surface area contributed by atoms with E-state index >= 15 is 0 Å². The van der Waals surface area contributed by atoms with Gasteiger partial charge in [-0.1, -0.05) is 13.0 Å². The minimum absolute atomic E-state index is 0.0294. The Bertz CT molecular complexity index is 646. The molecule has 0 radical (unpaired) electrons. The number of thioether (sulfide) groups is 1. The maximum Gasteiger partial charge on any atom is 0.257 e. The molecule has 1 atom stereocenters. The van der Waals surface area contributed by atoms with Crippen molar-refractivity contribution in [1.29, 1.82) is 0 Å². The average Bonchev–Trinajstić information content (AvgIpc) is 2.46. The topological polar surface area (TPSA) is 54.5 Å². The molecule has 4 nitrogen and oxygen atoms in total. The zero-order valence-corrected chi connectivity index (χ0v) is 13.6. The van der Waals surface area contributed by atoms with Crippen LogP contribution in [0.25, 0.3) is 0 Å². The van der Waals surface area contributed by atoms with E-state index in [2.05, 4.69) is 0 Å². The number of hydrogen-bond acceptors (Lipinski definition) is 4. The van der Waals surface area contributed by atoms with Crippen molar-refractivity contribution < 1.29 is 17.6 Å². The second kappa shape index (κ2) is 6.36. The summed E-state index contributed by atoms with van der Waals surface area (Å²) in [6, 6.07) is 4.36. The molecule has 1 aromatic rings. The van der Waals surface area contributed by atoms with E-state index in [9.17, 15) is 17.6 Å². The quantitative estimate of drug-likeness (QED) is 0.851. The molecule has 0 saturated carbocycles. The third-order valence-corrected chi connectivity index (χ3v) is 6.81. The van der Waals surface area contributed by atoms with Gasteiger partial charge < -0.3 is 4.90 Å². The van der Waals surface area contributed by atoms with Crippen LogP contribution < -0.4 is 0 Å². The Morgan fingerprint density at radius 1 is 1.48 bits per heavy atom. The lowest BCUT2D eigenvalue weighted by atomic mass is 10.1. The number of carbonyl (C=O) groups excluding carboxylic acids is 1. The van der Waals surface area contributed by atoms with Gasteiger partial charge in [-0.05, 0) is 24.6 Å². The smallest absolute Gasteiger partial charge is 0.257 e. The molecule has 1 heterocycles. The summed E-state index contributed by atoms with van der Waals surface area (Å²) in [5, 5.41) is -0.866. The Morgan fingerprint density at radius 3 is 2.81 bits per heavy atom. The van der Waals surface area contributed by atoms with Gasteiger partial charge in [-0.2, -0.15) is 11.8 Å². The van der Waals surface area contributed by atoms with E-state index in [1.165, 1.54) is 28.8 Å². The summed E-state index contributed by atoms with van der Waals surface area (Å²) in [7, 11) is -3.38. The maximum atomic E-state index is 14.0. The minimum atomic E-state index is -3.38. The highest BCUT2D eigenvalue weighted by atomic mass is 32.2.